The summed E-state index contributed by atoms with van der Waals surface area (Å²) in [6.07, 6.45) is 4.84. The topological polar surface area (TPSA) is 37.2 Å². The SMILES string of the molecule is CCn1cc(C(=S)NCc2ccc(Cl)cc2)c(=S)c2cc(CCCCO)sc21. The zero-order chi connectivity index (χ0) is 20.1. The number of thiocarbonyl (C=S) groups is 1. The third-order valence-electron chi connectivity index (χ3n) is 4.58. The number of rotatable bonds is 8. The molecule has 28 heavy (non-hydrogen) atoms. The van der Waals surface area contributed by atoms with Gasteiger partial charge in [0.15, 0.2) is 0 Å². The Morgan fingerprint density at radius 2 is 2.00 bits per heavy atom. The summed E-state index contributed by atoms with van der Waals surface area (Å²) >= 11 is 19.2. The Hall–Kier alpha value is -1.31. The minimum atomic E-state index is 0.240. The van der Waals surface area contributed by atoms with E-state index >= 15 is 0 Å². The molecule has 2 N–H and O–H groups in total. The first kappa shape index (κ1) is 21.4. The Morgan fingerprint density at radius 3 is 2.68 bits per heavy atom. The molecular weight excluding hydrogens is 428 g/mol. The molecule has 0 bridgehead atoms. The lowest BCUT2D eigenvalue weighted by Crippen LogP contribution is -2.22. The fourth-order valence-electron chi connectivity index (χ4n) is 3.04. The van der Waals surface area contributed by atoms with Crippen molar-refractivity contribution in [1.29, 1.82) is 0 Å². The molecule has 0 aliphatic heterocycles. The maximum atomic E-state index is 9.01. The van der Waals surface area contributed by atoms with Gasteiger partial charge in [-0.2, -0.15) is 0 Å². The second kappa shape index (κ2) is 9.94. The number of nitrogens with one attached hydrogen (secondary N) is 1. The lowest BCUT2D eigenvalue weighted by Gasteiger charge is -2.12. The van der Waals surface area contributed by atoms with Crippen molar-refractivity contribution in [2.75, 3.05) is 6.61 Å². The first-order valence-electron chi connectivity index (χ1n) is 9.32. The highest BCUT2D eigenvalue weighted by atomic mass is 35.5. The van der Waals surface area contributed by atoms with E-state index in [-0.39, 0.29) is 6.61 Å². The lowest BCUT2D eigenvalue weighted by atomic mass is 10.1. The zero-order valence-corrected chi connectivity index (χ0v) is 18.9. The molecule has 7 heteroatoms. The number of aliphatic hydroxyl groups is 1. The van der Waals surface area contributed by atoms with Gasteiger partial charge in [0.05, 0.1) is 4.51 Å². The number of benzene rings is 1. The summed E-state index contributed by atoms with van der Waals surface area (Å²) in [4.78, 5) is 3.15. The highest BCUT2D eigenvalue weighted by Crippen LogP contribution is 2.29. The van der Waals surface area contributed by atoms with E-state index in [2.05, 4.69) is 29.1 Å². The van der Waals surface area contributed by atoms with Crippen LogP contribution < -0.4 is 5.32 Å². The van der Waals surface area contributed by atoms with Crippen molar-refractivity contribution in [3.63, 3.8) is 0 Å². The Labute approximate surface area is 185 Å². The van der Waals surface area contributed by atoms with Crippen LogP contribution in [0, 0.1) is 4.51 Å². The van der Waals surface area contributed by atoms with E-state index in [4.69, 9.17) is 41.1 Å². The van der Waals surface area contributed by atoms with Crippen molar-refractivity contribution < 1.29 is 5.11 Å². The van der Waals surface area contributed by atoms with E-state index in [0.29, 0.717) is 11.5 Å². The second-order valence-corrected chi connectivity index (χ2v) is 8.95. The number of hydrogen-bond donors (Lipinski definition) is 2. The first-order chi connectivity index (χ1) is 13.5. The molecule has 0 spiro atoms. The van der Waals surface area contributed by atoms with Gasteiger partial charge < -0.3 is 15.0 Å². The summed E-state index contributed by atoms with van der Waals surface area (Å²) in [6, 6.07) is 9.91. The zero-order valence-electron chi connectivity index (χ0n) is 15.7. The number of fused-ring (bicyclic) bond motifs is 1. The van der Waals surface area contributed by atoms with Gasteiger partial charge in [0.1, 0.15) is 9.82 Å². The van der Waals surface area contributed by atoms with Crippen molar-refractivity contribution in [3.05, 3.63) is 62.1 Å². The molecule has 0 fully saturated rings. The van der Waals surface area contributed by atoms with Crippen LogP contribution in [0.3, 0.4) is 0 Å². The predicted octanol–water partition coefficient (Wildman–Crippen LogP) is 5.89. The van der Waals surface area contributed by atoms with Gasteiger partial charge >= 0.3 is 0 Å². The van der Waals surface area contributed by atoms with Crippen LogP contribution >= 0.6 is 47.4 Å². The van der Waals surface area contributed by atoms with Crippen molar-refractivity contribution in [2.24, 2.45) is 0 Å². The number of pyridine rings is 1. The fourth-order valence-corrected chi connectivity index (χ4v) is 5.07. The molecule has 1 aromatic carbocycles. The van der Waals surface area contributed by atoms with Crippen molar-refractivity contribution in [1.82, 2.24) is 9.88 Å². The average Bonchev–Trinajstić information content (AvgIpc) is 3.13. The van der Waals surface area contributed by atoms with Gasteiger partial charge in [0, 0.05) is 46.7 Å². The highest BCUT2D eigenvalue weighted by molar-refractivity contribution is 7.80. The molecule has 0 atom stereocenters. The van der Waals surface area contributed by atoms with E-state index in [1.54, 1.807) is 11.3 Å². The molecule has 3 aromatic rings. The number of aryl methyl sites for hydroxylation is 2. The van der Waals surface area contributed by atoms with Gasteiger partial charge in [0.2, 0.25) is 0 Å². The maximum Gasteiger partial charge on any atom is 0.109 e. The quantitative estimate of drug-likeness (QED) is 0.331. The lowest BCUT2D eigenvalue weighted by molar-refractivity contribution is 0.285. The molecule has 3 nitrogen and oxygen atoms in total. The van der Waals surface area contributed by atoms with Crippen LogP contribution in [-0.4, -0.2) is 21.3 Å². The van der Waals surface area contributed by atoms with Gasteiger partial charge in [-0.15, -0.1) is 11.3 Å². The molecule has 3 rings (SSSR count). The van der Waals surface area contributed by atoms with Gasteiger partial charge in [-0.1, -0.05) is 48.2 Å². The standard InChI is InChI=1S/C21H23ClN2OS3/c1-2-24-13-18(20(27)23-12-14-6-8-15(22)9-7-14)19(26)17-11-16(28-21(17)24)5-3-4-10-25/h6-9,11,13,25H,2-5,10,12H2,1H3,(H,23,27). The van der Waals surface area contributed by atoms with E-state index in [1.165, 1.54) is 9.71 Å². The second-order valence-electron chi connectivity index (χ2n) is 6.58. The fraction of sp³-hybridized carbons (Fsp3) is 0.333. The van der Waals surface area contributed by atoms with Crippen molar-refractivity contribution in [3.8, 4) is 0 Å². The number of halogens is 1. The molecule has 0 radical (unpaired) electrons. The summed E-state index contributed by atoms with van der Waals surface area (Å²) in [6.45, 7) is 3.85. The molecule has 0 saturated carbocycles. The van der Waals surface area contributed by atoms with Crippen LogP contribution in [0.1, 0.15) is 35.8 Å². The summed E-state index contributed by atoms with van der Waals surface area (Å²) in [5.74, 6) is 0. The molecule has 148 valence electrons. The molecule has 0 amide bonds. The highest BCUT2D eigenvalue weighted by Gasteiger charge is 2.13. The van der Waals surface area contributed by atoms with E-state index in [0.717, 1.165) is 51.9 Å². The van der Waals surface area contributed by atoms with Crippen LogP contribution in [0.25, 0.3) is 10.2 Å². The van der Waals surface area contributed by atoms with Crippen LogP contribution in [0.5, 0.6) is 0 Å². The average molecular weight is 451 g/mol. The molecule has 2 heterocycles. The Bertz CT molecular complexity index is 1020. The Balaban J connectivity index is 1.85. The summed E-state index contributed by atoms with van der Waals surface area (Å²) < 4.78 is 3.02. The molecule has 0 unspecified atom stereocenters. The molecule has 0 saturated heterocycles. The largest absolute Gasteiger partial charge is 0.396 e. The number of aromatic nitrogens is 1. The van der Waals surface area contributed by atoms with Gasteiger partial charge in [-0.25, -0.2) is 0 Å². The van der Waals surface area contributed by atoms with E-state index in [9.17, 15) is 0 Å². The van der Waals surface area contributed by atoms with E-state index in [1.807, 2.05) is 24.3 Å². The number of aliphatic hydroxyl groups excluding tert-OH is 1. The van der Waals surface area contributed by atoms with Crippen LogP contribution in [0.15, 0.2) is 36.5 Å². The molecule has 2 aromatic heterocycles. The van der Waals surface area contributed by atoms with Crippen LogP contribution in [0.4, 0.5) is 0 Å². The number of unbranched alkanes of at least 4 members (excludes halogenated alkanes) is 1. The summed E-state index contributed by atoms with van der Waals surface area (Å²) in [5.41, 5.74) is 2.01. The molecular formula is C21H23ClN2OS3. The molecule has 0 aliphatic rings. The smallest absolute Gasteiger partial charge is 0.109 e. The first-order valence-corrected chi connectivity index (χ1v) is 11.3. The minimum absolute atomic E-state index is 0.240. The van der Waals surface area contributed by atoms with Crippen LogP contribution in [0.2, 0.25) is 5.02 Å². The summed E-state index contributed by atoms with van der Waals surface area (Å²) in [5, 5.41) is 14.1. The Morgan fingerprint density at radius 1 is 1.25 bits per heavy atom. The predicted molar refractivity (Wildman–Crippen MR) is 126 cm³/mol. The van der Waals surface area contributed by atoms with Crippen molar-refractivity contribution >= 4 is 62.6 Å². The maximum absolute atomic E-state index is 9.01. The number of hydrogen-bond acceptors (Lipinski definition) is 4. The monoisotopic (exact) mass is 450 g/mol. The van der Waals surface area contributed by atoms with Crippen molar-refractivity contribution in [2.45, 2.75) is 39.3 Å². The van der Waals surface area contributed by atoms with E-state index < -0.39 is 0 Å². The third kappa shape index (κ3) is 4.99. The molecule has 0 aliphatic carbocycles. The number of nitrogens with zero attached hydrogens (tertiary/aromatic N) is 1. The minimum Gasteiger partial charge on any atom is -0.396 e. The third-order valence-corrected chi connectivity index (χ3v) is 6.87. The summed E-state index contributed by atoms with van der Waals surface area (Å²) in [7, 11) is 0. The van der Waals surface area contributed by atoms with Gasteiger partial charge in [-0.05, 0) is 49.9 Å². The number of thiophene rings is 1. The normalized spacial score (nSPS) is 11.1. The van der Waals surface area contributed by atoms with Crippen LogP contribution in [-0.2, 0) is 19.5 Å². The van der Waals surface area contributed by atoms with Gasteiger partial charge in [-0.3, -0.25) is 0 Å². The Kier molecular flexibility index (Phi) is 7.60. The van der Waals surface area contributed by atoms with Gasteiger partial charge in [0.25, 0.3) is 0 Å².